The SMILES string of the molecule is CCOC(=O)C1CCN(C(=NC)NCc2ccc(SC)cc2)CC1. The van der Waals surface area contributed by atoms with Crippen molar-refractivity contribution < 1.29 is 9.53 Å². The van der Waals surface area contributed by atoms with Gasteiger partial charge in [0.15, 0.2) is 5.96 Å². The smallest absolute Gasteiger partial charge is 0.309 e. The second kappa shape index (κ2) is 9.57. The van der Waals surface area contributed by atoms with E-state index in [1.807, 2.05) is 6.92 Å². The van der Waals surface area contributed by atoms with Gasteiger partial charge in [0.25, 0.3) is 0 Å². The van der Waals surface area contributed by atoms with Gasteiger partial charge in [-0.2, -0.15) is 0 Å². The second-order valence-electron chi connectivity index (χ2n) is 5.76. The van der Waals surface area contributed by atoms with Crippen LogP contribution in [-0.2, 0) is 16.1 Å². The average molecular weight is 350 g/mol. The lowest BCUT2D eigenvalue weighted by molar-refractivity contribution is -0.149. The Morgan fingerprint density at radius 1 is 1.33 bits per heavy atom. The molecule has 1 saturated heterocycles. The van der Waals surface area contributed by atoms with E-state index in [9.17, 15) is 4.79 Å². The van der Waals surface area contributed by atoms with E-state index in [0.29, 0.717) is 6.61 Å². The third kappa shape index (κ3) is 5.16. The van der Waals surface area contributed by atoms with Crippen LogP contribution in [0.3, 0.4) is 0 Å². The topological polar surface area (TPSA) is 53.9 Å². The number of benzene rings is 1. The van der Waals surface area contributed by atoms with Crippen LogP contribution in [0.5, 0.6) is 0 Å². The number of nitrogens with one attached hydrogen (secondary N) is 1. The number of hydrogen-bond acceptors (Lipinski definition) is 4. The molecule has 0 spiro atoms. The van der Waals surface area contributed by atoms with Crippen molar-refractivity contribution in [1.82, 2.24) is 10.2 Å². The lowest BCUT2D eigenvalue weighted by Gasteiger charge is -2.33. The molecular formula is C18H27N3O2S. The number of nitrogens with zero attached hydrogens (tertiary/aromatic N) is 2. The molecular weight excluding hydrogens is 322 g/mol. The molecule has 2 rings (SSSR count). The number of guanidine groups is 1. The summed E-state index contributed by atoms with van der Waals surface area (Å²) in [6.45, 7) is 4.71. The molecule has 0 aromatic heterocycles. The Balaban J connectivity index is 1.83. The van der Waals surface area contributed by atoms with Crippen molar-refractivity contribution in [2.75, 3.05) is 33.0 Å². The summed E-state index contributed by atoms with van der Waals surface area (Å²) in [5.74, 6) is 0.860. The number of carbonyl (C=O) groups excluding carboxylic acids is 1. The predicted molar refractivity (Wildman–Crippen MR) is 99.4 cm³/mol. The van der Waals surface area contributed by atoms with Crippen molar-refractivity contribution in [3.05, 3.63) is 29.8 Å². The van der Waals surface area contributed by atoms with Crippen molar-refractivity contribution in [3.8, 4) is 0 Å². The van der Waals surface area contributed by atoms with E-state index in [0.717, 1.165) is 38.4 Å². The second-order valence-corrected chi connectivity index (χ2v) is 6.64. The summed E-state index contributed by atoms with van der Waals surface area (Å²) < 4.78 is 5.12. The summed E-state index contributed by atoms with van der Waals surface area (Å²) in [5.41, 5.74) is 1.23. The van der Waals surface area contributed by atoms with E-state index in [1.54, 1.807) is 18.8 Å². The summed E-state index contributed by atoms with van der Waals surface area (Å²) in [7, 11) is 1.80. The van der Waals surface area contributed by atoms with E-state index in [2.05, 4.69) is 45.7 Å². The van der Waals surface area contributed by atoms with Gasteiger partial charge in [-0.15, -0.1) is 11.8 Å². The van der Waals surface area contributed by atoms with Gasteiger partial charge in [0.05, 0.1) is 12.5 Å². The van der Waals surface area contributed by atoms with Crippen LogP contribution in [0.1, 0.15) is 25.3 Å². The zero-order valence-corrected chi connectivity index (χ0v) is 15.6. The highest BCUT2D eigenvalue weighted by Gasteiger charge is 2.27. The zero-order chi connectivity index (χ0) is 17.4. The maximum Gasteiger partial charge on any atom is 0.309 e. The summed E-state index contributed by atoms with van der Waals surface area (Å²) in [5, 5.41) is 3.42. The van der Waals surface area contributed by atoms with Gasteiger partial charge in [-0.3, -0.25) is 9.79 Å². The molecule has 0 unspecified atom stereocenters. The van der Waals surface area contributed by atoms with Gasteiger partial charge < -0.3 is 15.0 Å². The van der Waals surface area contributed by atoms with Crippen LogP contribution < -0.4 is 5.32 Å². The van der Waals surface area contributed by atoms with Crippen LogP contribution >= 0.6 is 11.8 Å². The number of aliphatic imine (C=N–C) groups is 1. The fourth-order valence-electron chi connectivity index (χ4n) is 2.84. The molecule has 6 heteroatoms. The first-order chi connectivity index (χ1) is 11.7. The molecule has 5 nitrogen and oxygen atoms in total. The molecule has 1 N–H and O–H groups in total. The number of ether oxygens (including phenoxy) is 1. The Bertz CT molecular complexity index is 552. The predicted octanol–water partition coefficient (Wildman–Crippen LogP) is 2.76. The molecule has 24 heavy (non-hydrogen) atoms. The van der Waals surface area contributed by atoms with Crippen LogP contribution in [0.2, 0.25) is 0 Å². The summed E-state index contributed by atoms with van der Waals surface area (Å²) in [6, 6.07) is 8.54. The molecule has 1 heterocycles. The fraction of sp³-hybridized carbons (Fsp3) is 0.556. The first kappa shape index (κ1) is 18.6. The van der Waals surface area contributed by atoms with Crippen molar-refractivity contribution in [1.29, 1.82) is 0 Å². The fourth-order valence-corrected chi connectivity index (χ4v) is 3.25. The summed E-state index contributed by atoms with van der Waals surface area (Å²) in [4.78, 5) is 19.7. The quantitative estimate of drug-likeness (QED) is 0.383. The van der Waals surface area contributed by atoms with Crippen molar-refractivity contribution >= 4 is 23.7 Å². The number of esters is 1. The van der Waals surface area contributed by atoms with E-state index in [1.165, 1.54) is 10.5 Å². The highest BCUT2D eigenvalue weighted by Crippen LogP contribution is 2.19. The lowest BCUT2D eigenvalue weighted by Crippen LogP contribution is -2.46. The molecule has 1 fully saturated rings. The number of likely N-dealkylation sites (tertiary alicyclic amines) is 1. The van der Waals surface area contributed by atoms with Gasteiger partial charge in [0.2, 0.25) is 0 Å². The molecule has 1 aromatic carbocycles. The largest absolute Gasteiger partial charge is 0.466 e. The number of thioether (sulfide) groups is 1. The lowest BCUT2D eigenvalue weighted by atomic mass is 9.97. The van der Waals surface area contributed by atoms with Gasteiger partial charge in [0.1, 0.15) is 0 Å². The Morgan fingerprint density at radius 3 is 2.54 bits per heavy atom. The van der Waals surface area contributed by atoms with E-state index in [4.69, 9.17) is 4.74 Å². The molecule has 132 valence electrons. The molecule has 0 atom stereocenters. The Kier molecular flexibility index (Phi) is 7.43. The molecule has 1 aromatic rings. The highest BCUT2D eigenvalue weighted by atomic mass is 32.2. The van der Waals surface area contributed by atoms with Crippen LogP contribution in [0.15, 0.2) is 34.2 Å². The van der Waals surface area contributed by atoms with Gasteiger partial charge in [-0.05, 0) is 43.7 Å². The van der Waals surface area contributed by atoms with Gasteiger partial charge >= 0.3 is 5.97 Å². The Hall–Kier alpha value is -1.69. The van der Waals surface area contributed by atoms with E-state index in [-0.39, 0.29) is 11.9 Å². The number of carbonyl (C=O) groups is 1. The van der Waals surface area contributed by atoms with Crippen LogP contribution in [0, 0.1) is 5.92 Å². The Labute approximate surface area is 148 Å². The molecule has 0 amide bonds. The maximum absolute atomic E-state index is 11.8. The van der Waals surface area contributed by atoms with Gasteiger partial charge in [0, 0.05) is 31.6 Å². The minimum Gasteiger partial charge on any atom is -0.466 e. The zero-order valence-electron chi connectivity index (χ0n) is 14.7. The molecule has 0 bridgehead atoms. The molecule has 0 aliphatic carbocycles. The maximum atomic E-state index is 11.8. The Morgan fingerprint density at radius 2 is 2.00 bits per heavy atom. The molecule has 1 aliphatic rings. The summed E-state index contributed by atoms with van der Waals surface area (Å²) in [6.07, 6.45) is 3.72. The number of piperidine rings is 1. The number of rotatable bonds is 5. The minimum atomic E-state index is -0.0611. The first-order valence-electron chi connectivity index (χ1n) is 8.43. The van der Waals surface area contributed by atoms with Gasteiger partial charge in [-0.1, -0.05) is 12.1 Å². The molecule has 0 radical (unpaired) electrons. The minimum absolute atomic E-state index is 0.0263. The molecule has 1 aliphatic heterocycles. The highest BCUT2D eigenvalue weighted by molar-refractivity contribution is 7.98. The van der Waals surface area contributed by atoms with Crippen LogP contribution in [-0.4, -0.2) is 49.8 Å². The van der Waals surface area contributed by atoms with Crippen molar-refractivity contribution in [3.63, 3.8) is 0 Å². The van der Waals surface area contributed by atoms with Crippen LogP contribution in [0.4, 0.5) is 0 Å². The average Bonchev–Trinajstić information content (AvgIpc) is 2.63. The first-order valence-corrected chi connectivity index (χ1v) is 9.65. The number of hydrogen-bond donors (Lipinski definition) is 1. The standard InChI is InChI=1S/C18H27N3O2S/c1-4-23-17(22)15-9-11-21(12-10-15)18(19-2)20-13-14-5-7-16(24-3)8-6-14/h5-8,15H,4,9-13H2,1-3H3,(H,19,20). The van der Waals surface area contributed by atoms with E-state index >= 15 is 0 Å². The third-order valence-corrected chi connectivity index (χ3v) is 4.98. The summed E-state index contributed by atoms with van der Waals surface area (Å²) >= 11 is 1.74. The van der Waals surface area contributed by atoms with Crippen molar-refractivity contribution in [2.24, 2.45) is 10.9 Å². The monoisotopic (exact) mass is 349 g/mol. The normalized spacial score (nSPS) is 16.1. The van der Waals surface area contributed by atoms with E-state index < -0.39 is 0 Å². The third-order valence-electron chi connectivity index (χ3n) is 4.24. The molecule has 0 saturated carbocycles. The van der Waals surface area contributed by atoms with Crippen LogP contribution in [0.25, 0.3) is 0 Å². The van der Waals surface area contributed by atoms with Gasteiger partial charge in [-0.25, -0.2) is 0 Å². The van der Waals surface area contributed by atoms with Crippen molar-refractivity contribution in [2.45, 2.75) is 31.2 Å².